The summed E-state index contributed by atoms with van der Waals surface area (Å²) in [5.41, 5.74) is 11.3. The summed E-state index contributed by atoms with van der Waals surface area (Å²) in [5.74, 6) is 0. The summed E-state index contributed by atoms with van der Waals surface area (Å²) in [6.07, 6.45) is 5.43. The molecule has 0 spiro atoms. The van der Waals surface area contributed by atoms with Gasteiger partial charge in [0.15, 0.2) is 0 Å². The topological polar surface area (TPSA) is 55.3 Å². The number of hydrogen-bond donors (Lipinski definition) is 2. The SMILES string of the molecule is NCC(N)CN1CCCCCC1. The maximum atomic E-state index is 5.79. The van der Waals surface area contributed by atoms with Crippen molar-refractivity contribution < 1.29 is 0 Å². The highest BCUT2D eigenvalue weighted by atomic mass is 15.1. The molecule has 1 aliphatic rings. The van der Waals surface area contributed by atoms with Gasteiger partial charge in [-0.1, -0.05) is 12.8 Å². The van der Waals surface area contributed by atoms with Crippen molar-refractivity contribution in [3.63, 3.8) is 0 Å². The Morgan fingerprint density at radius 2 is 1.67 bits per heavy atom. The second kappa shape index (κ2) is 5.51. The highest BCUT2D eigenvalue weighted by molar-refractivity contribution is 4.70. The van der Waals surface area contributed by atoms with Crippen LogP contribution in [0.4, 0.5) is 0 Å². The molecule has 0 aromatic rings. The van der Waals surface area contributed by atoms with Crippen molar-refractivity contribution in [1.29, 1.82) is 0 Å². The maximum Gasteiger partial charge on any atom is 0.0292 e. The van der Waals surface area contributed by atoms with Crippen LogP contribution in [0.15, 0.2) is 0 Å². The molecule has 0 radical (unpaired) electrons. The molecule has 0 saturated carbocycles. The molecule has 1 unspecified atom stereocenters. The van der Waals surface area contributed by atoms with Gasteiger partial charge in [0.05, 0.1) is 0 Å². The number of nitrogens with zero attached hydrogens (tertiary/aromatic N) is 1. The number of likely N-dealkylation sites (tertiary alicyclic amines) is 1. The van der Waals surface area contributed by atoms with Crippen molar-refractivity contribution in [1.82, 2.24) is 4.90 Å². The van der Waals surface area contributed by atoms with Crippen molar-refractivity contribution in [3.8, 4) is 0 Å². The molecule has 0 aromatic carbocycles. The van der Waals surface area contributed by atoms with Crippen LogP contribution in [0.1, 0.15) is 25.7 Å². The Morgan fingerprint density at radius 3 is 2.17 bits per heavy atom. The van der Waals surface area contributed by atoms with Gasteiger partial charge in [0.25, 0.3) is 0 Å². The van der Waals surface area contributed by atoms with Crippen molar-refractivity contribution in [2.45, 2.75) is 31.7 Å². The van der Waals surface area contributed by atoms with E-state index in [4.69, 9.17) is 11.5 Å². The predicted molar refractivity (Wildman–Crippen MR) is 51.9 cm³/mol. The lowest BCUT2D eigenvalue weighted by Crippen LogP contribution is -2.42. The van der Waals surface area contributed by atoms with Gasteiger partial charge in [-0.05, 0) is 25.9 Å². The first-order valence-corrected chi connectivity index (χ1v) is 5.01. The Kier molecular flexibility index (Phi) is 4.58. The molecule has 4 N–H and O–H groups in total. The van der Waals surface area contributed by atoms with Crippen molar-refractivity contribution in [3.05, 3.63) is 0 Å². The maximum absolute atomic E-state index is 5.79. The molecule has 1 aliphatic heterocycles. The Morgan fingerprint density at radius 1 is 1.08 bits per heavy atom. The summed E-state index contributed by atoms with van der Waals surface area (Å²) in [7, 11) is 0. The van der Waals surface area contributed by atoms with Crippen molar-refractivity contribution in [2.75, 3.05) is 26.2 Å². The summed E-state index contributed by atoms with van der Waals surface area (Å²) in [6, 6.07) is 0.170. The van der Waals surface area contributed by atoms with Gasteiger partial charge in [-0.2, -0.15) is 0 Å². The molecule has 1 fully saturated rings. The zero-order valence-corrected chi connectivity index (χ0v) is 7.84. The molecule has 0 bridgehead atoms. The second-order valence-electron chi connectivity index (χ2n) is 3.71. The minimum atomic E-state index is 0.170. The van der Waals surface area contributed by atoms with Gasteiger partial charge >= 0.3 is 0 Å². The van der Waals surface area contributed by atoms with Crippen molar-refractivity contribution >= 4 is 0 Å². The first-order valence-electron chi connectivity index (χ1n) is 5.01. The van der Waals surface area contributed by atoms with Crippen LogP contribution in [-0.2, 0) is 0 Å². The van der Waals surface area contributed by atoms with Crippen LogP contribution in [0, 0.1) is 0 Å². The Hall–Kier alpha value is -0.120. The largest absolute Gasteiger partial charge is 0.329 e. The van der Waals surface area contributed by atoms with Gasteiger partial charge in [-0.3, -0.25) is 0 Å². The molecule has 0 aliphatic carbocycles. The minimum Gasteiger partial charge on any atom is -0.329 e. The average Bonchev–Trinajstić information content (AvgIpc) is 2.33. The lowest BCUT2D eigenvalue weighted by atomic mass is 10.2. The fourth-order valence-corrected chi connectivity index (χ4v) is 1.72. The monoisotopic (exact) mass is 171 g/mol. The summed E-state index contributed by atoms with van der Waals surface area (Å²) >= 11 is 0. The molecule has 1 saturated heterocycles. The molecule has 3 heteroatoms. The molecule has 0 aromatic heterocycles. The highest BCUT2D eigenvalue weighted by Crippen LogP contribution is 2.09. The predicted octanol–water partition coefficient (Wildman–Crippen LogP) is 0.148. The minimum absolute atomic E-state index is 0.170. The van der Waals surface area contributed by atoms with Crippen LogP contribution in [0.3, 0.4) is 0 Å². The normalized spacial score (nSPS) is 23.5. The fraction of sp³-hybridized carbons (Fsp3) is 1.00. The first-order chi connectivity index (χ1) is 5.83. The zero-order chi connectivity index (χ0) is 8.81. The quantitative estimate of drug-likeness (QED) is 0.635. The Labute approximate surface area is 75.1 Å². The van der Waals surface area contributed by atoms with E-state index >= 15 is 0 Å². The van der Waals surface area contributed by atoms with Crippen LogP contribution in [0.2, 0.25) is 0 Å². The lowest BCUT2D eigenvalue weighted by Gasteiger charge is -2.22. The van der Waals surface area contributed by atoms with Gasteiger partial charge in [0, 0.05) is 19.1 Å². The molecular weight excluding hydrogens is 150 g/mol. The number of hydrogen-bond acceptors (Lipinski definition) is 3. The van der Waals surface area contributed by atoms with E-state index < -0.39 is 0 Å². The van der Waals surface area contributed by atoms with E-state index in [9.17, 15) is 0 Å². The van der Waals surface area contributed by atoms with Gasteiger partial charge in [0.1, 0.15) is 0 Å². The van der Waals surface area contributed by atoms with E-state index in [-0.39, 0.29) is 6.04 Å². The molecule has 3 nitrogen and oxygen atoms in total. The first kappa shape index (κ1) is 9.96. The Balaban J connectivity index is 2.20. The molecule has 0 amide bonds. The lowest BCUT2D eigenvalue weighted by molar-refractivity contribution is 0.268. The standard InChI is InChI=1S/C9H21N3/c10-7-9(11)8-12-5-3-1-2-4-6-12/h9H,1-8,10-11H2. The van der Waals surface area contributed by atoms with Crippen LogP contribution < -0.4 is 11.5 Å². The van der Waals surface area contributed by atoms with Gasteiger partial charge < -0.3 is 16.4 Å². The smallest absolute Gasteiger partial charge is 0.0292 e. The third kappa shape index (κ3) is 3.52. The van der Waals surface area contributed by atoms with E-state index in [0.29, 0.717) is 6.54 Å². The molecule has 72 valence electrons. The second-order valence-corrected chi connectivity index (χ2v) is 3.71. The number of nitrogens with two attached hydrogens (primary N) is 2. The summed E-state index contributed by atoms with van der Waals surface area (Å²) in [4.78, 5) is 2.45. The Bertz CT molecular complexity index is 108. The third-order valence-electron chi connectivity index (χ3n) is 2.49. The van der Waals surface area contributed by atoms with E-state index in [2.05, 4.69) is 4.90 Å². The summed E-state index contributed by atoms with van der Waals surface area (Å²) in [6.45, 7) is 4.02. The molecule has 12 heavy (non-hydrogen) atoms. The fourth-order valence-electron chi connectivity index (χ4n) is 1.72. The molecule has 1 heterocycles. The van der Waals surface area contributed by atoms with Crippen LogP contribution in [-0.4, -0.2) is 37.1 Å². The summed E-state index contributed by atoms with van der Waals surface area (Å²) < 4.78 is 0. The third-order valence-corrected chi connectivity index (χ3v) is 2.49. The average molecular weight is 171 g/mol. The molecule has 1 rings (SSSR count). The van der Waals surface area contributed by atoms with Gasteiger partial charge in [-0.15, -0.1) is 0 Å². The zero-order valence-electron chi connectivity index (χ0n) is 7.84. The van der Waals surface area contributed by atoms with E-state index in [1.54, 1.807) is 0 Å². The van der Waals surface area contributed by atoms with E-state index in [1.165, 1.54) is 38.8 Å². The van der Waals surface area contributed by atoms with Crippen LogP contribution in [0.5, 0.6) is 0 Å². The van der Waals surface area contributed by atoms with Crippen LogP contribution in [0.25, 0.3) is 0 Å². The molecular formula is C9H21N3. The highest BCUT2D eigenvalue weighted by Gasteiger charge is 2.11. The number of rotatable bonds is 3. The van der Waals surface area contributed by atoms with Crippen LogP contribution >= 0.6 is 0 Å². The van der Waals surface area contributed by atoms with Crippen molar-refractivity contribution in [2.24, 2.45) is 11.5 Å². The van der Waals surface area contributed by atoms with E-state index in [1.807, 2.05) is 0 Å². The molecule has 1 atom stereocenters. The summed E-state index contributed by atoms with van der Waals surface area (Å²) in [5, 5.41) is 0. The van der Waals surface area contributed by atoms with Gasteiger partial charge in [0.2, 0.25) is 0 Å². The van der Waals surface area contributed by atoms with Gasteiger partial charge in [-0.25, -0.2) is 0 Å². The van der Waals surface area contributed by atoms with E-state index in [0.717, 1.165) is 6.54 Å².